The third kappa shape index (κ3) is 3.48. The van der Waals surface area contributed by atoms with E-state index >= 15 is 0 Å². The van der Waals surface area contributed by atoms with E-state index in [2.05, 4.69) is 64.9 Å². The first-order valence-electron chi connectivity index (χ1n) is 13.9. The number of furan rings is 2. The maximum absolute atomic E-state index is 6.32. The highest BCUT2D eigenvalue weighted by molar-refractivity contribution is 6.23. The van der Waals surface area contributed by atoms with Crippen molar-refractivity contribution in [3.05, 3.63) is 138 Å². The van der Waals surface area contributed by atoms with Crippen molar-refractivity contribution in [1.29, 1.82) is 0 Å². The first kappa shape index (κ1) is 23.0. The predicted molar refractivity (Wildman–Crippen MR) is 168 cm³/mol. The lowest BCUT2D eigenvalue weighted by Gasteiger charge is -2.23. The summed E-state index contributed by atoms with van der Waals surface area (Å²) in [5, 5.41) is 9.89. The van der Waals surface area contributed by atoms with Gasteiger partial charge in [0, 0.05) is 44.4 Å². The minimum Gasteiger partial charge on any atom is -0.456 e. The Balaban J connectivity index is 1.30. The van der Waals surface area contributed by atoms with Crippen LogP contribution in [-0.2, 0) is 0 Å². The largest absolute Gasteiger partial charge is 0.456 e. The van der Waals surface area contributed by atoms with Crippen LogP contribution in [0.3, 0.4) is 0 Å². The number of nitrogens with zero attached hydrogens (tertiary/aromatic N) is 3. The second-order valence-electron chi connectivity index (χ2n) is 10.5. The molecule has 5 aromatic carbocycles. The highest BCUT2D eigenvalue weighted by Gasteiger charge is 2.26. The van der Waals surface area contributed by atoms with E-state index in [1.54, 1.807) is 6.20 Å². The van der Waals surface area contributed by atoms with Gasteiger partial charge in [-0.15, -0.1) is 0 Å². The zero-order chi connectivity index (χ0) is 27.6. The van der Waals surface area contributed by atoms with Gasteiger partial charge in [0.2, 0.25) is 0 Å². The van der Waals surface area contributed by atoms with E-state index in [1.807, 2.05) is 60.8 Å². The molecule has 42 heavy (non-hydrogen) atoms. The molecule has 4 heterocycles. The molecule has 0 aliphatic carbocycles. The quantitative estimate of drug-likeness (QED) is 0.243. The fourth-order valence-corrected chi connectivity index (χ4v) is 6.08. The number of amidine groups is 2. The minimum atomic E-state index is -0.548. The molecule has 6 heteroatoms. The monoisotopic (exact) mass is 542 g/mol. The highest BCUT2D eigenvalue weighted by Crippen LogP contribution is 2.39. The average Bonchev–Trinajstić information content (AvgIpc) is 3.61. The summed E-state index contributed by atoms with van der Waals surface area (Å²) in [6.07, 6.45) is 3.09. The van der Waals surface area contributed by atoms with Crippen LogP contribution >= 0.6 is 0 Å². The van der Waals surface area contributed by atoms with Crippen molar-refractivity contribution in [2.45, 2.75) is 6.17 Å². The van der Waals surface area contributed by atoms with Gasteiger partial charge in [0.05, 0.1) is 6.20 Å². The van der Waals surface area contributed by atoms with Gasteiger partial charge in [0.25, 0.3) is 0 Å². The molecular weight excluding hydrogens is 520 g/mol. The molecule has 9 rings (SSSR count). The number of benzene rings is 5. The molecule has 1 unspecified atom stereocenters. The number of hydrogen-bond donors (Lipinski definition) is 1. The fraction of sp³-hybridized carbons (Fsp3) is 0.0278. The molecule has 0 bridgehead atoms. The third-order valence-electron chi connectivity index (χ3n) is 8.00. The van der Waals surface area contributed by atoms with Crippen molar-refractivity contribution in [2.24, 2.45) is 9.98 Å². The van der Waals surface area contributed by atoms with Crippen molar-refractivity contribution >= 4 is 66.3 Å². The predicted octanol–water partition coefficient (Wildman–Crippen LogP) is 8.53. The van der Waals surface area contributed by atoms with Crippen molar-refractivity contribution in [3.8, 4) is 0 Å². The zero-order valence-electron chi connectivity index (χ0n) is 22.3. The number of fused-ring (bicyclic) bond motifs is 7. The summed E-state index contributed by atoms with van der Waals surface area (Å²) >= 11 is 0. The Kier molecular flexibility index (Phi) is 4.86. The van der Waals surface area contributed by atoms with Crippen LogP contribution in [0.5, 0.6) is 0 Å². The van der Waals surface area contributed by atoms with E-state index in [4.69, 9.17) is 18.8 Å². The normalized spacial score (nSPS) is 15.4. The number of aromatic nitrogens is 1. The fourth-order valence-electron chi connectivity index (χ4n) is 6.08. The molecule has 1 aliphatic rings. The molecule has 1 atom stereocenters. The first-order valence-corrected chi connectivity index (χ1v) is 13.9. The summed E-state index contributed by atoms with van der Waals surface area (Å²) in [6.45, 7) is 0. The molecule has 0 fully saturated rings. The summed E-state index contributed by atoms with van der Waals surface area (Å²) in [4.78, 5) is 14.9. The van der Waals surface area contributed by atoms with Crippen molar-refractivity contribution in [3.63, 3.8) is 0 Å². The van der Waals surface area contributed by atoms with E-state index in [9.17, 15) is 0 Å². The van der Waals surface area contributed by atoms with Gasteiger partial charge in [-0.2, -0.15) is 0 Å². The first-order chi connectivity index (χ1) is 20.8. The van der Waals surface area contributed by atoms with Crippen LogP contribution in [0.4, 0.5) is 0 Å². The average molecular weight is 543 g/mol. The standard InChI is InChI=1S/C36H22N4O2/c1-2-9-21(10-3-1)34-38-35(25-14-8-16-29-32(25)24-13-6-7-15-28(24)41-29)40-36(39-34)27-19-37-20-31-33(27)26-17-22-11-4-5-12-23(22)18-30(26)42-31/h1-20,36H,(H,38,39,40). The molecule has 0 amide bonds. The van der Waals surface area contributed by atoms with Gasteiger partial charge in [0.1, 0.15) is 28.4 Å². The smallest absolute Gasteiger partial charge is 0.172 e. The Hall–Kier alpha value is -5.75. The van der Waals surface area contributed by atoms with Gasteiger partial charge in [-0.3, -0.25) is 4.98 Å². The van der Waals surface area contributed by atoms with Crippen LogP contribution in [0.2, 0.25) is 0 Å². The topological polar surface area (TPSA) is 75.9 Å². The lowest BCUT2D eigenvalue weighted by atomic mass is 10.0. The van der Waals surface area contributed by atoms with Crippen LogP contribution in [0.1, 0.15) is 22.9 Å². The maximum Gasteiger partial charge on any atom is 0.172 e. The Morgan fingerprint density at radius 1 is 0.548 bits per heavy atom. The van der Waals surface area contributed by atoms with Gasteiger partial charge < -0.3 is 14.2 Å². The van der Waals surface area contributed by atoms with E-state index in [0.29, 0.717) is 5.58 Å². The van der Waals surface area contributed by atoms with E-state index in [1.165, 1.54) is 0 Å². The van der Waals surface area contributed by atoms with E-state index in [-0.39, 0.29) is 0 Å². The second-order valence-corrected chi connectivity index (χ2v) is 10.5. The molecule has 0 saturated carbocycles. The van der Waals surface area contributed by atoms with Gasteiger partial charge >= 0.3 is 0 Å². The van der Waals surface area contributed by atoms with Crippen LogP contribution in [0, 0.1) is 0 Å². The van der Waals surface area contributed by atoms with Crippen molar-refractivity contribution in [1.82, 2.24) is 10.3 Å². The number of nitrogens with one attached hydrogen (secondary N) is 1. The number of aliphatic imine (C=N–C) groups is 2. The Bertz CT molecular complexity index is 2400. The Labute approximate surface area is 239 Å². The molecule has 1 aliphatic heterocycles. The molecule has 0 saturated heterocycles. The highest BCUT2D eigenvalue weighted by atomic mass is 16.3. The number of pyridine rings is 1. The molecule has 6 nitrogen and oxygen atoms in total. The van der Waals surface area contributed by atoms with Gasteiger partial charge in [-0.1, -0.05) is 84.9 Å². The molecule has 8 aromatic rings. The van der Waals surface area contributed by atoms with Crippen LogP contribution in [0.15, 0.2) is 140 Å². The van der Waals surface area contributed by atoms with Crippen LogP contribution in [0.25, 0.3) is 54.6 Å². The van der Waals surface area contributed by atoms with E-state index in [0.717, 1.165) is 77.4 Å². The number of para-hydroxylation sites is 1. The Morgan fingerprint density at radius 2 is 1.29 bits per heavy atom. The molecule has 3 aromatic heterocycles. The zero-order valence-corrected chi connectivity index (χ0v) is 22.3. The summed E-state index contributed by atoms with van der Waals surface area (Å²) in [6, 6.07) is 36.9. The maximum atomic E-state index is 6.32. The van der Waals surface area contributed by atoms with Gasteiger partial charge in [0.15, 0.2) is 11.7 Å². The molecule has 198 valence electrons. The second kappa shape index (κ2) is 8.88. The van der Waals surface area contributed by atoms with Crippen molar-refractivity contribution < 1.29 is 8.83 Å². The van der Waals surface area contributed by atoms with Gasteiger partial charge in [-0.25, -0.2) is 9.98 Å². The summed E-state index contributed by atoms with van der Waals surface area (Å²) in [7, 11) is 0. The molecule has 1 N–H and O–H groups in total. The summed E-state index contributed by atoms with van der Waals surface area (Å²) in [5.41, 5.74) is 6.01. The third-order valence-corrected chi connectivity index (χ3v) is 8.00. The Morgan fingerprint density at radius 3 is 2.19 bits per heavy atom. The molecule has 0 radical (unpaired) electrons. The summed E-state index contributed by atoms with van der Waals surface area (Å²) < 4.78 is 12.5. The number of hydrogen-bond acceptors (Lipinski definition) is 6. The SMILES string of the molecule is c1ccc(C2=NC(c3cncc4oc5cc6ccccc6cc5c34)N=C(c3cccc4oc5ccccc5c34)N2)cc1. The van der Waals surface area contributed by atoms with E-state index < -0.39 is 6.17 Å². The lowest BCUT2D eigenvalue weighted by molar-refractivity contribution is 0.665. The van der Waals surface area contributed by atoms with Crippen LogP contribution in [-0.4, -0.2) is 16.7 Å². The molecule has 0 spiro atoms. The van der Waals surface area contributed by atoms with Crippen LogP contribution < -0.4 is 5.32 Å². The van der Waals surface area contributed by atoms with Gasteiger partial charge in [-0.05, 0) is 35.0 Å². The lowest BCUT2D eigenvalue weighted by Crippen LogP contribution is -2.36. The summed E-state index contributed by atoms with van der Waals surface area (Å²) in [5.74, 6) is 1.46. The van der Waals surface area contributed by atoms with Crippen molar-refractivity contribution in [2.75, 3.05) is 0 Å². The molecular formula is C36H22N4O2. The number of rotatable bonds is 3. The minimum absolute atomic E-state index is 0.548.